The summed E-state index contributed by atoms with van der Waals surface area (Å²) in [6.45, 7) is 3.01. The van der Waals surface area contributed by atoms with Gasteiger partial charge in [-0.25, -0.2) is 9.69 Å². The molecule has 2 fully saturated rings. The zero-order chi connectivity index (χ0) is 15.5. The topological polar surface area (TPSA) is 71.4 Å². The third-order valence-electron chi connectivity index (χ3n) is 3.90. The molecular weight excluding hydrogens is 286 g/mol. The van der Waals surface area contributed by atoms with E-state index in [1.165, 1.54) is 0 Å². The van der Waals surface area contributed by atoms with Crippen molar-refractivity contribution in [2.45, 2.75) is 6.54 Å². The van der Waals surface area contributed by atoms with E-state index in [1.807, 2.05) is 30.3 Å². The molecule has 0 atom stereocenters. The highest BCUT2D eigenvalue weighted by Crippen LogP contribution is 2.14. The number of quaternary nitrogens is 1. The molecular formula is C15H18N3O4+. The molecule has 2 aliphatic heterocycles. The van der Waals surface area contributed by atoms with Gasteiger partial charge in [-0.15, -0.1) is 0 Å². The second kappa shape index (κ2) is 6.25. The predicted octanol–water partition coefficient (Wildman–Crippen LogP) is -1.15. The Morgan fingerprint density at radius 1 is 0.955 bits per heavy atom. The van der Waals surface area contributed by atoms with Gasteiger partial charge in [0, 0.05) is 0 Å². The van der Waals surface area contributed by atoms with Gasteiger partial charge < -0.3 is 9.64 Å². The first-order valence-corrected chi connectivity index (χ1v) is 7.29. The Labute approximate surface area is 128 Å². The van der Waals surface area contributed by atoms with Gasteiger partial charge in [-0.1, -0.05) is 30.3 Å². The number of amides is 4. The van der Waals surface area contributed by atoms with E-state index < -0.39 is 17.8 Å². The third kappa shape index (κ3) is 2.86. The number of rotatable bonds is 4. The highest BCUT2D eigenvalue weighted by Gasteiger charge is 2.46. The molecule has 0 bridgehead atoms. The number of urea groups is 1. The molecule has 3 rings (SSSR count). The van der Waals surface area contributed by atoms with Crippen molar-refractivity contribution < 1.29 is 24.0 Å². The van der Waals surface area contributed by atoms with E-state index in [4.69, 9.17) is 4.74 Å². The van der Waals surface area contributed by atoms with Gasteiger partial charge >= 0.3 is 17.8 Å². The minimum absolute atomic E-state index is 0.124. The lowest BCUT2D eigenvalue weighted by atomic mass is 10.2. The Kier molecular flexibility index (Phi) is 4.17. The summed E-state index contributed by atoms with van der Waals surface area (Å²) in [4.78, 5) is 39.6. The van der Waals surface area contributed by atoms with E-state index in [9.17, 15) is 14.4 Å². The van der Waals surface area contributed by atoms with E-state index in [-0.39, 0.29) is 13.2 Å². The molecule has 0 aromatic heterocycles. The smallest absolute Gasteiger partial charge is 0.339 e. The number of ether oxygens (including phenoxy) is 1. The van der Waals surface area contributed by atoms with Crippen molar-refractivity contribution in [2.75, 3.05) is 33.0 Å². The lowest BCUT2D eigenvalue weighted by Gasteiger charge is -2.26. The molecule has 0 saturated carbocycles. The molecule has 0 unspecified atom stereocenters. The van der Waals surface area contributed by atoms with Crippen molar-refractivity contribution in [3.05, 3.63) is 35.9 Å². The average molecular weight is 304 g/mol. The molecule has 1 aromatic rings. The second-order valence-electron chi connectivity index (χ2n) is 5.41. The minimum atomic E-state index is -0.749. The molecule has 2 saturated heterocycles. The Hall–Kier alpha value is -2.25. The summed E-state index contributed by atoms with van der Waals surface area (Å²) in [5.41, 5.74) is 0.817. The molecule has 1 N–H and O–H groups in total. The van der Waals surface area contributed by atoms with Crippen LogP contribution in [0.4, 0.5) is 4.79 Å². The quantitative estimate of drug-likeness (QED) is 0.563. The summed E-state index contributed by atoms with van der Waals surface area (Å²) >= 11 is 0. The van der Waals surface area contributed by atoms with Gasteiger partial charge in [-0.3, -0.25) is 14.5 Å². The monoisotopic (exact) mass is 304 g/mol. The molecule has 2 heterocycles. The van der Waals surface area contributed by atoms with Crippen molar-refractivity contribution in [1.29, 1.82) is 0 Å². The lowest BCUT2D eigenvalue weighted by molar-refractivity contribution is -0.915. The Morgan fingerprint density at radius 2 is 1.59 bits per heavy atom. The molecule has 0 radical (unpaired) electrons. The lowest BCUT2D eigenvalue weighted by Crippen LogP contribution is -3.15. The van der Waals surface area contributed by atoms with Crippen molar-refractivity contribution >= 4 is 17.8 Å². The number of hydrogen-bond donors (Lipinski definition) is 1. The van der Waals surface area contributed by atoms with Crippen molar-refractivity contribution in [3.63, 3.8) is 0 Å². The van der Waals surface area contributed by atoms with Crippen LogP contribution in [0, 0.1) is 0 Å². The Bertz CT molecular complexity index is 584. The van der Waals surface area contributed by atoms with Crippen LogP contribution in [0.3, 0.4) is 0 Å². The van der Waals surface area contributed by atoms with Crippen molar-refractivity contribution in [3.8, 4) is 0 Å². The van der Waals surface area contributed by atoms with Crippen LogP contribution >= 0.6 is 0 Å². The highest BCUT2D eigenvalue weighted by molar-refractivity contribution is 6.44. The molecule has 0 aliphatic carbocycles. The summed E-state index contributed by atoms with van der Waals surface area (Å²) in [6.07, 6.45) is 0. The first kappa shape index (κ1) is 14.7. The maximum atomic E-state index is 12.4. The first-order chi connectivity index (χ1) is 10.7. The van der Waals surface area contributed by atoms with Crippen molar-refractivity contribution in [1.82, 2.24) is 9.80 Å². The third-order valence-corrected chi connectivity index (χ3v) is 3.90. The molecule has 1 aromatic carbocycles. The van der Waals surface area contributed by atoms with Crippen LogP contribution in [-0.2, 0) is 20.9 Å². The second-order valence-corrected chi connectivity index (χ2v) is 5.41. The number of hydrogen-bond acceptors (Lipinski definition) is 4. The van der Waals surface area contributed by atoms with Gasteiger partial charge in [0.25, 0.3) is 0 Å². The Morgan fingerprint density at radius 3 is 2.27 bits per heavy atom. The fraction of sp³-hybridized carbons (Fsp3) is 0.400. The highest BCUT2D eigenvalue weighted by atomic mass is 16.5. The van der Waals surface area contributed by atoms with E-state index in [1.54, 1.807) is 0 Å². The number of carbonyl (C=O) groups excluding carboxylic acids is 3. The van der Waals surface area contributed by atoms with Crippen LogP contribution in [0.1, 0.15) is 5.56 Å². The molecule has 2 aliphatic rings. The van der Waals surface area contributed by atoms with Crippen LogP contribution in [0.15, 0.2) is 30.3 Å². The zero-order valence-corrected chi connectivity index (χ0v) is 12.2. The summed E-state index contributed by atoms with van der Waals surface area (Å²) in [5.74, 6) is -1.48. The number of nitrogens with one attached hydrogen (secondary N) is 1. The van der Waals surface area contributed by atoms with Gasteiger partial charge in [0.15, 0.2) is 6.67 Å². The number of carbonyl (C=O) groups is 3. The summed E-state index contributed by atoms with van der Waals surface area (Å²) in [5, 5.41) is 0. The largest absolute Gasteiger partial charge is 0.370 e. The van der Waals surface area contributed by atoms with Crippen molar-refractivity contribution in [2.24, 2.45) is 0 Å². The number of imide groups is 2. The van der Waals surface area contributed by atoms with Gasteiger partial charge in [-0.2, -0.15) is 0 Å². The van der Waals surface area contributed by atoms with Gasteiger partial charge in [0.1, 0.15) is 13.1 Å². The van der Waals surface area contributed by atoms with Gasteiger partial charge in [0.05, 0.1) is 19.8 Å². The molecule has 4 amide bonds. The van der Waals surface area contributed by atoms with E-state index >= 15 is 0 Å². The predicted molar refractivity (Wildman–Crippen MR) is 75.6 cm³/mol. The van der Waals surface area contributed by atoms with Crippen LogP contribution in [0.5, 0.6) is 0 Å². The van der Waals surface area contributed by atoms with E-state index in [0.717, 1.165) is 33.4 Å². The van der Waals surface area contributed by atoms with Gasteiger partial charge in [0.2, 0.25) is 0 Å². The van der Waals surface area contributed by atoms with Crippen LogP contribution in [-0.4, -0.2) is 60.6 Å². The first-order valence-electron chi connectivity index (χ1n) is 7.29. The average Bonchev–Trinajstić information content (AvgIpc) is 2.75. The summed E-state index contributed by atoms with van der Waals surface area (Å²) in [6, 6.07) is 8.63. The van der Waals surface area contributed by atoms with E-state index in [2.05, 4.69) is 0 Å². The van der Waals surface area contributed by atoms with Crippen LogP contribution < -0.4 is 4.90 Å². The standard InChI is InChI=1S/C15H17N3O4/c19-13-14(20)18(11-16-6-8-22-9-7-16)15(21)17(13)10-12-4-2-1-3-5-12/h1-5H,6-11H2/p+1. The number of morpholine rings is 1. The van der Waals surface area contributed by atoms with Gasteiger partial charge in [-0.05, 0) is 5.56 Å². The number of nitrogens with zero attached hydrogens (tertiary/aromatic N) is 2. The molecule has 0 spiro atoms. The minimum Gasteiger partial charge on any atom is -0.370 e. The number of benzene rings is 1. The molecule has 7 heteroatoms. The fourth-order valence-electron chi connectivity index (χ4n) is 2.64. The van der Waals surface area contributed by atoms with Crippen LogP contribution in [0.2, 0.25) is 0 Å². The van der Waals surface area contributed by atoms with Crippen LogP contribution in [0.25, 0.3) is 0 Å². The molecule has 22 heavy (non-hydrogen) atoms. The summed E-state index contributed by atoms with van der Waals surface area (Å²) in [7, 11) is 0. The van der Waals surface area contributed by atoms with E-state index in [0.29, 0.717) is 13.2 Å². The maximum Gasteiger partial charge on any atom is 0.339 e. The summed E-state index contributed by atoms with van der Waals surface area (Å²) < 4.78 is 5.25. The molecule has 7 nitrogen and oxygen atoms in total. The SMILES string of the molecule is O=C1C(=O)N(C[NH+]2CCOCC2)C(=O)N1Cc1ccccc1. The normalized spacial score (nSPS) is 20.1. The maximum absolute atomic E-state index is 12.4. The fourth-order valence-corrected chi connectivity index (χ4v) is 2.64. The zero-order valence-electron chi connectivity index (χ0n) is 12.2. The Balaban J connectivity index is 1.70. The molecule has 116 valence electrons.